The van der Waals surface area contributed by atoms with Crippen LogP contribution in [0.4, 0.5) is 0 Å². The first-order valence-corrected chi connectivity index (χ1v) is 8.62. The van der Waals surface area contributed by atoms with Crippen LogP contribution in [-0.4, -0.2) is 56.6 Å². The average molecular weight is 384 g/mol. The molecule has 3 rings (SSSR count). The van der Waals surface area contributed by atoms with Crippen molar-refractivity contribution in [3.05, 3.63) is 23.8 Å². The number of likely N-dealkylation sites (tertiary alicyclic amines) is 1. The highest BCUT2D eigenvalue weighted by Crippen LogP contribution is 2.37. The predicted octanol–water partition coefficient (Wildman–Crippen LogP) is 1.20. The van der Waals surface area contributed by atoms with E-state index in [9.17, 15) is 9.59 Å². The first-order chi connectivity index (χ1) is 12.0. The minimum absolute atomic E-state index is 0. The largest absolute Gasteiger partial charge is 0.493 e. The summed E-state index contributed by atoms with van der Waals surface area (Å²) in [7, 11) is 1.50. The molecule has 2 amide bonds. The van der Waals surface area contributed by atoms with E-state index in [-0.39, 0.29) is 24.9 Å². The number of halogens is 1. The van der Waals surface area contributed by atoms with Crippen molar-refractivity contribution in [3.8, 4) is 11.5 Å². The fraction of sp³-hybridized carbons (Fsp3) is 0.556. The van der Waals surface area contributed by atoms with E-state index in [1.807, 2.05) is 4.90 Å². The van der Waals surface area contributed by atoms with Crippen molar-refractivity contribution in [2.24, 2.45) is 11.1 Å². The van der Waals surface area contributed by atoms with Crippen LogP contribution in [0.3, 0.4) is 0 Å². The minimum atomic E-state index is -0.564. The monoisotopic (exact) mass is 383 g/mol. The van der Waals surface area contributed by atoms with Crippen molar-refractivity contribution >= 4 is 24.2 Å². The number of rotatable bonds is 5. The van der Waals surface area contributed by atoms with E-state index < -0.39 is 5.91 Å². The quantitative estimate of drug-likeness (QED) is 0.796. The molecule has 3 N–H and O–H groups in total. The van der Waals surface area contributed by atoms with Gasteiger partial charge in [0.05, 0.1) is 7.11 Å². The molecule has 0 bridgehead atoms. The zero-order chi connectivity index (χ0) is 17.9. The Kier molecular flexibility index (Phi) is 6.72. The minimum Gasteiger partial charge on any atom is -0.493 e. The predicted molar refractivity (Wildman–Crippen MR) is 100.0 cm³/mol. The van der Waals surface area contributed by atoms with Gasteiger partial charge in [-0.05, 0) is 49.4 Å². The second-order valence-corrected chi connectivity index (χ2v) is 6.84. The van der Waals surface area contributed by atoms with Gasteiger partial charge in [-0.2, -0.15) is 0 Å². The van der Waals surface area contributed by atoms with E-state index in [4.69, 9.17) is 15.2 Å². The Morgan fingerprint density at radius 1 is 1.23 bits per heavy atom. The number of nitrogens with one attached hydrogen (secondary N) is 1. The average Bonchev–Trinajstić information content (AvgIpc) is 3.08. The van der Waals surface area contributed by atoms with Crippen molar-refractivity contribution in [3.63, 3.8) is 0 Å². The highest BCUT2D eigenvalue weighted by Gasteiger charge is 2.38. The van der Waals surface area contributed by atoms with E-state index in [0.29, 0.717) is 22.5 Å². The van der Waals surface area contributed by atoms with Crippen LogP contribution in [-0.2, 0) is 4.79 Å². The maximum absolute atomic E-state index is 12.8. The molecule has 2 saturated heterocycles. The van der Waals surface area contributed by atoms with Gasteiger partial charge in [0.15, 0.2) is 18.1 Å². The summed E-state index contributed by atoms with van der Waals surface area (Å²) in [5, 5.41) is 3.43. The number of amides is 2. The molecule has 1 aromatic carbocycles. The van der Waals surface area contributed by atoms with Gasteiger partial charge < -0.3 is 25.4 Å². The molecular formula is C18H26ClN3O4. The summed E-state index contributed by atoms with van der Waals surface area (Å²) in [4.78, 5) is 25.5. The molecule has 0 radical (unpaired) electrons. The number of ether oxygens (including phenoxy) is 2. The van der Waals surface area contributed by atoms with E-state index in [1.54, 1.807) is 18.2 Å². The number of benzene rings is 1. The molecule has 0 aliphatic carbocycles. The third-order valence-electron chi connectivity index (χ3n) is 5.22. The topological polar surface area (TPSA) is 93.9 Å². The fourth-order valence-corrected chi connectivity index (χ4v) is 3.66. The van der Waals surface area contributed by atoms with Crippen molar-refractivity contribution < 1.29 is 19.1 Å². The van der Waals surface area contributed by atoms with Crippen molar-refractivity contribution in [2.45, 2.75) is 19.3 Å². The molecule has 0 saturated carbocycles. The van der Waals surface area contributed by atoms with Gasteiger partial charge in [0.2, 0.25) is 0 Å². The number of piperidine rings is 1. The molecule has 8 heteroatoms. The maximum Gasteiger partial charge on any atom is 0.255 e. The molecule has 2 aliphatic heterocycles. The lowest BCUT2D eigenvalue weighted by Gasteiger charge is -2.39. The van der Waals surface area contributed by atoms with Gasteiger partial charge in [-0.3, -0.25) is 9.59 Å². The summed E-state index contributed by atoms with van der Waals surface area (Å²) in [5.74, 6) is 0.250. The van der Waals surface area contributed by atoms with Crippen LogP contribution in [0.2, 0.25) is 0 Å². The van der Waals surface area contributed by atoms with Crippen molar-refractivity contribution in [2.75, 3.05) is 39.9 Å². The van der Waals surface area contributed by atoms with Gasteiger partial charge in [0.1, 0.15) is 0 Å². The molecule has 0 atom stereocenters. The van der Waals surface area contributed by atoms with Gasteiger partial charge in [-0.1, -0.05) is 0 Å². The molecule has 1 aromatic rings. The number of carbonyl (C=O) groups excluding carboxylic acids is 2. The smallest absolute Gasteiger partial charge is 0.255 e. The van der Waals surface area contributed by atoms with Crippen LogP contribution in [0.25, 0.3) is 0 Å². The number of nitrogens with two attached hydrogens (primary N) is 1. The molecule has 7 nitrogen and oxygen atoms in total. The summed E-state index contributed by atoms with van der Waals surface area (Å²) < 4.78 is 10.6. The Labute approximate surface area is 159 Å². The number of hydrogen-bond donors (Lipinski definition) is 2. The van der Waals surface area contributed by atoms with Gasteiger partial charge in [-0.25, -0.2) is 0 Å². The SMILES string of the molecule is COc1cc(C(=O)N2CCC3(CCNC3)CC2)ccc1OCC(N)=O.Cl. The molecule has 2 fully saturated rings. The highest BCUT2D eigenvalue weighted by molar-refractivity contribution is 5.95. The fourth-order valence-electron chi connectivity index (χ4n) is 3.66. The molecule has 1 spiro atoms. The van der Waals surface area contributed by atoms with Crippen LogP contribution >= 0.6 is 12.4 Å². The lowest BCUT2D eigenvalue weighted by molar-refractivity contribution is -0.119. The summed E-state index contributed by atoms with van der Waals surface area (Å²) in [6.45, 7) is 3.48. The van der Waals surface area contributed by atoms with E-state index in [2.05, 4.69) is 5.32 Å². The summed E-state index contributed by atoms with van der Waals surface area (Å²) in [6.07, 6.45) is 3.29. The van der Waals surface area contributed by atoms with E-state index in [1.165, 1.54) is 13.5 Å². The van der Waals surface area contributed by atoms with Crippen LogP contribution in [0, 0.1) is 5.41 Å². The van der Waals surface area contributed by atoms with Gasteiger partial charge in [0.25, 0.3) is 11.8 Å². The lowest BCUT2D eigenvalue weighted by atomic mass is 9.78. The lowest BCUT2D eigenvalue weighted by Crippen LogP contribution is -2.44. The third kappa shape index (κ3) is 4.40. The summed E-state index contributed by atoms with van der Waals surface area (Å²) >= 11 is 0. The normalized spacial score (nSPS) is 18.3. The van der Waals surface area contributed by atoms with E-state index in [0.717, 1.165) is 39.0 Å². The zero-order valence-corrected chi connectivity index (χ0v) is 15.8. The maximum atomic E-state index is 12.8. The molecular weight excluding hydrogens is 358 g/mol. The van der Waals surface area contributed by atoms with Gasteiger partial charge >= 0.3 is 0 Å². The second kappa shape index (κ2) is 8.60. The van der Waals surface area contributed by atoms with Crippen LogP contribution < -0.4 is 20.5 Å². The standard InChI is InChI=1S/C18H25N3O4.ClH/c1-24-15-10-13(2-3-14(15)25-11-16(19)22)17(23)21-8-5-18(6-9-21)4-7-20-12-18;/h2-3,10,20H,4-9,11-12H2,1H3,(H2,19,22);1H. The van der Waals surface area contributed by atoms with E-state index >= 15 is 0 Å². The number of primary amides is 1. The number of nitrogens with zero attached hydrogens (tertiary/aromatic N) is 1. The molecule has 2 heterocycles. The molecule has 144 valence electrons. The number of methoxy groups -OCH3 is 1. The molecule has 2 aliphatic rings. The van der Waals surface area contributed by atoms with Crippen LogP contribution in [0.15, 0.2) is 18.2 Å². The Bertz CT molecular complexity index is 652. The van der Waals surface area contributed by atoms with Crippen LogP contribution in [0.5, 0.6) is 11.5 Å². The Balaban J connectivity index is 0.00000243. The second-order valence-electron chi connectivity index (χ2n) is 6.84. The molecule has 0 aromatic heterocycles. The van der Waals surface area contributed by atoms with Crippen LogP contribution in [0.1, 0.15) is 29.6 Å². The van der Waals surface area contributed by atoms with Gasteiger partial charge in [-0.15, -0.1) is 12.4 Å². The highest BCUT2D eigenvalue weighted by atomic mass is 35.5. The summed E-state index contributed by atoms with van der Waals surface area (Å²) in [6, 6.07) is 4.99. The zero-order valence-electron chi connectivity index (χ0n) is 15.0. The Hall–Kier alpha value is -1.99. The summed E-state index contributed by atoms with van der Waals surface area (Å²) in [5.41, 5.74) is 6.02. The first kappa shape index (κ1) is 20.3. The Morgan fingerprint density at radius 3 is 2.54 bits per heavy atom. The number of hydrogen-bond acceptors (Lipinski definition) is 5. The van der Waals surface area contributed by atoms with Gasteiger partial charge in [0, 0.05) is 25.2 Å². The molecule has 26 heavy (non-hydrogen) atoms. The molecule has 0 unspecified atom stereocenters. The third-order valence-corrected chi connectivity index (χ3v) is 5.22. The van der Waals surface area contributed by atoms with Crippen molar-refractivity contribution in [1.82, 2.24) is 10.2 Å². The first-order valence-electron chi connectivity index (χ1n) is 8.62. The number of carbonyl (C=O) groups is 2. The van der Waals surface area contributed by atoms with Crippen molar-refractivity contribution in [1.29, 1.82) is 0 Å². The Morgan fingerprint density at radius 2 is 1.96 bits per heavy atom.